The number of anilines is 1. The Kier molecular flexibility index (Phi) is 5.63. The summed E-state index contributed by atoms with van der Waals surface area (Å²) >= 11 is 7.19. The summed E-state index contributed by atoms with van der Waals surface area (Å²) in [5.74, 6) is 0.514. The molecule has 5 nitrogen and oxygen atoms in total. The van der Waals surface area contributed by atoms with Crippen LogP contribution in [0.3, 0.4) is 0 Å². The average Bonchev–Trinajstić information content (AvgIpc) is 3.09. The maximum Gasteiger partial charge on any atom is 0.257 e. The van der Waals surface area contributed by atoms with Crippen LogP contribution in [0.15, 0.2) is 48.5 Å². The van der Waals surface area contributed by atoms with Gasteiger partial charge in [-0.2, -0.15) is 0 Å². The van der Waals surface area contributed by atoms with Gasteiger partial charge in [-0.1, -0.05) is 42.0 Å². The number of aromatic nitrogens is 2. The second kappa shape index (κ2) is 8.09. The summed E-state index contributed by atoms with van der Waals surface area (Å²) in [4.78, 5) is 12.3. The van der Waals surface area contributed by atoms with Crippen molar-refractivity contribution in [1.29, 1.82) is 0 Å². The van der Waals surface area contributed by atoms with Crippen LogP contribution in [-0.2, 0) is 0 Å². The summed E-state index contributed by atoms with van der Waals surface area (Å²) < 4.78 is 5.51. The van der Waals surface area contributed by atoms with Gasteiger partial charge >= 0.3 is 0 Å². The molecule has 0 atom stereocenters. The molecule has 0 radical (unpaired) electrons. The number of rotatable bonds is 6. The zero-order chi connectivity index (χ0) is 17.6. The summed E-state index contributed by atoms with van der Waals surface area (Å²) in [7, 11) is 0. The van der Waals surface area contributed by atoms with Gasteiger partial charge in [0.05, 0.1) is 6.61 Å². The van der Waals surface area contributed by atoms with Gasteiger partial charge in [0.1, 0.15) is 10.8 Å². The Balaban J connectivity index is 1.66. The van der Waals surface area contributed by atoms with Gasteiger partial charge in [-0.15, -0.1) is 10.2 Å². The normalized spacial score (nSPS) is 10.5. The van der Waals surface area contributed by atoms with Crippen LogP contribution in [-0.4, -0.2) is 22.7 Å². The summed E-state index contributed by atoms with van der Waals surface area (Å²) in [6, 6.07) is 14.3. The van der Waals surface area contributed by atoms with Crippen LogP contribution >= 0.6 is 22.9 Å². The molecule has 1 N–H and O–H groups in total. The molecule has 3 rings (SSSR count). The third-order valence-electron chi connectivity index (χ3n) is 3.33. The Morgan fingerprint density at radius 1 is 1.12 bits per heavy atom. The molecule has 0 saturated heterocycles. The molecule has 1 heterocycles. The van der Waals surface area contributed by atoms with Crippen molar-refractivity contribution >= 4 is 34.0 Å². The van der Waals surface area contributed by atoms with Crippen LogP contribution in [0, 0.1) is 0 Å². The molecule has 2 aromatic carbocycles. The number of amides is 1. The van der Waals surface area contributed by atoms with E-state index >= 15 is 0 Å². The van der Waals surface area contributed by atoms with E-state index in [-0.39, 0.29) is 5.91 Å². The molecule has 0 unspecified atom stereocenters. The number of nitrogens with one attached hydrogen (secondary N) is 1. The lowest BCUT2D eigenvalue weighted by atomic mass is 10.2. The maximum absolute atomic E-state index is 12.3. The zero-order valence-corrected chi connectivity index (χ0v) is 15.1. The van der Waals surface area contributed by atoms with Crippen LogP contribution < -0.4 is 10.1 Å². The predicted octanol–water partition coefficient (Wildman–Crippen LogP) is 4.90. The molecule has 0 bridgehead atoms. The molecule has 0 aliphatic rings. The largest absolute Gasteiger partial charge is 0.494 e. The molecular formula is C18H16ClN3O2S. The molecule has 0 fully saturated rings. The second-order valence-corrected chi connectivity index (χ2v) is 6.66. The SMILES string of the molecule is CCCOc1ccc(C(=O)Nc2nnc(-c3ccc(Cl)cc3)s2)cc1. The highest BCUT2D eigenvalue weighted by molar-refractivity contribution is 7.18. The van der Waals surface area contributed by atoms with Crippen LogP contribution in [0.25, 0.3) is 10.6 Å². The fourth-order valence-corrected chi connectivity index (χ4v) is 2.94. The predicted molar refractivity (Wildman–Crippen MR) is 101 cm³/mol. The van der Waals surface area contributed by atoms with Crippen LogP contribution in [0.5, 0.6) is 5.75 Å². The van der Waals surface area contributed by atoms with Crippen molar-refractivity contribution in [3.05, 3.63) is 59.1 Å². The number of ether oxygens (including phenoxy) is 1. The Morgan fingerprint density at radius 3 is 2.52 bits per heavy atom. The highest BCUT2D eigenvalue weighted by Crippen LogP contribution is 2.27. The molecule has 0 spiro atoms. The number of carbonyl (C=O) groups is 1. The molecule has 25 heavy (non-hydrogen) atoms. The Labute approximate surface area is 154 Å². The van der Waals surface area contributed by atoms with Gasteiger partial charge < -0.3 is 4.74 Å². The minimum absolute atomic E-state index is 0.235. The first kappa shape index (κ1) is 17.4. The zero-order valence-electron chi connectivity index (χ0n) is 13.5. The molecule has 0 aliphatic carbocycles. The molecule has 1 amide bonds. The van der Waals surface area contributed by atoms with Crippen molar-refractivity contribution in [3.63, 3.8) is 0 Å². The van der Waals surface area contributed by atoms with Gasteiger partial charge in [-0.25, -0.2) is 0 Å². The van der Waals surface area contributed by atoms with Crippen molar-refractivity contribution in [2.45, 2.75) is 13.3 Å². The van der Waals surface area contributed by atoms with E-state index < -0.39 is 0 Å². The van der Waals surface area contributed by atoms with Gasteiger partial charge in [0.15, 0.2) is 0 Å². The molecule has 128 valence electrons. The number of nitrogens with zero attached hydrogens (tertiary/aromatic N) is 2. The van der Waals surface area contributed by atoms with E-state index in [1.165, 1.54) is 11.3 Å². The summed E-state index contributed by atoms with van der Waals surface area (Å²) in [5, 5.41) is 12.7. The van der Waals surface area contributed by atoms with Crippen molar-refractivity contribution in [2.75, 3.05) is 11.9 Å². The number of carbonyl (C=O) groups excluding carboxylic acids is 1. The number of hydrogen-bond acceptors (Lipinski definition) is 5. The van der Waals surface area contributed by atoms with Gasteiger partial charge in [0.2, 0.25) is 5.13 Å². The number of hydrogen-bond donors (Lipinski definition) is 1. The number of benzene rings is 2. The van der Waals surface area contributed by atoms with E-state index in [2.05, 4.69) is 15.5 Å². The van der Waals surface area contributed by atoms with E-state index in [9.17, 15) is 4.79 Å². The number of halogens is 1. The van der Waals surface area contributed by atoms with Crippen LogP contribution in [0.1, 0.15) is 23.7 Å². The first-order valence-electron chi connectivity index (χ1n) is 7.79. The molecular weight excluding hydrogens is 358 g/mol. The monoisotopic (exact) mass is 373 g/mol. The lowest BCUT2D eigenvalue weighted by Gasteiger charge is -2.05. The molecule has 1 aromatic heterocycles. The Bertz CT molecular complexity index is 848. The minimum Gasteiger partial charge on any atom is -0.494 e. The van der Waals surface area contributed by atoms with E-state index in [4.69, 9.17) is 16.3 Å². The standard InChI is InChI=1S/C18H16ClN3O2S/c1-2-11-24-15-9-5-12(6-10-15)16(23)20-18-22-21-17(25-18)13-3-7-14(19)8-4-13/h3-10H,2,11H2,1H3,(H,20,22,23). The second-order valence-electron chi connectivity index (χ2n) is 5.25. The minimum atomic E-state index is -0.235. The van der Waals surface area contributed by atoms with Crippen molar-refractivity contribution < 1.29 is 9.53 Å². The fourth-order valence-electron chi connectivity index (χ4n) is 2.07. The third-order valence-corrected chi connectivity index (χ3v) is 4.47. The van der Waals surface area contributed by atoms with Crippen molar-refractivity contribution in [3.8, 4) is 16.3 Å². The van der Waals surface area contributed by atoms with Crippen molar-refractivity contribution in [1.82, 2.24) is 10.2 Å². The topological polar surface area (TPSA) is 64.1 Å². The molecule has 3 aromatic rings. The summed E-state index contributed by atoms with van der Waals surface area (Å²) in [6.07, 6.45) is 0.940. The van der Waals surface area contributed by atoms with Gasteiger partial charge in [-0.05, 0) is 42.8 Å². The van der Waals surface area contributed by atoms with E-state index in [0.717, 1.165) is 22.7 Å². The quantitative estimate of drug-likeness (QED) is 0.667. The van der Waals surface area contributed by atoms with E-state index in [0.29, 0.717) is 22.3 Å². The molecule has 0 aliphatic heterocycles. The first-order valence-corrected chi connectivity index (χ1v) is 8.99. The lowest BCUT2D eigenvalue weighted by Crippen LogP contribution is -2.11. The van der Waals surface area contributed by atoms with E-state index in [1.54, 1.807) is 36.4 Å². The Hall–Kier alpha value is -2.44. The van der Waals surface area contributed by atoms with Gasteiger partial charge in [0.25, 0.3) is 5.91 Å². The maximum atomic E-state index is 12.3. The fraction of sp³-hybridized carbons (Fsp3) is 0.167. The Morgan fingerprint density at radius 2 is 1.84 bits per heavy atom. The van der Waals surface area contributed by atoms with Crippen LogP contribution in [0.2, 0.25) is 5.02 Å². The summed E-state index contributed by atoms with van der Waals surface area (Å²) in [5.41, 5.74) is 1.44. The smallest absolute Gasteiger partial charge is 0.257 e. The first-order chi connectivity index (χ1) is 12.2. The van der Waals surface area contributed by atoms with E-state index in [1.807, 2.05) is 19.1 Å². The van der Waals surface area contributed by atoms with Gasteiger partial charge in [-0.3, -0.25) is 10.1 Å². The highest BCUT2D eigenvalue weighted by atomic mass is 35.5. The summed E-state index contributed by atoms with van der Waals surface area (Å²) in [6.45, 7) is 2.70. The van der Waals surface area contributed by atoms with Crippen LogP contribution in [0.4, 0.5) is 5.13 Å². The lowest BCUT2D eigenvalue weighted by molar-refractivity contribution is 0.102. The highest BCUT2D eigenvalue weighted by Gasteiger charge is 2.11. The molecule has 0 saturated carbocycles. The van der Waals surface area contributed by atoms with Crippen molar-refractivity contribution in [2.24, 2.45) is 0 Å². The third kappa shape index (κ3) is 4.55. The average molecular weight is 374 g/mol. The molecule has 7 heteroatoms. The van der Waals surface area contributed by atoms with Gasteiger partial charge in [0, 0.05) is 16.1 Å².